The van der Waals surface area contributed by atoms with Crippen LogP contribution in [0.4, 0.5) is 13.2 Å². The Kier molecular flexibility index (Phi) is 2.15. The van der Waals surface area contributed by atoms with Crippen LogP contribution in [0.15, 0.2) is 4.36 Å². The first-order chi connectivity index (χ1) is 4.96. The highest BCUT2D eigenvalue weighted by molar-refractivity contribution is 8.02. The molecule has 0 saturated carbocycles. The number of hydrogen-bond acceptors (Lipinski definition) is 4. The first-order valence-electron chi connectivity index (χ1n) is 2.43. The average molecular weight is 205 g/mol. The van der Waals surface area contributed by atoms with Crippen LogP contribution in [0.25, 0.3) is 0 Å². The number of alkyl halides is 3. The van der Waals surface area contributed by atoms with Gasteiger partial charge in [0, 0.05) is 0 Å². The third-order valence-electron chi connectivity index (χ3n) is 1.05. The molecule has 1 heterocycles. The van der Waals surface area contributed by atoms with Crippen molar-refractivity contribution >= 4 is 22.3 Å². The van der Waals surface area contributed by atoms with Gasteiger partial charge in [-0.1, -0.05) is 11.8 Å². The first-order valence-corrected chi connectivity index (χ1v) is 4.34. The molecule has 1 rings (SSSR count). The van der Waals surface area contributed by atoms with Gasteiger partial charge in [-0.15, -0.1) is 4.36 Å². The third kappa shape index (κ3) is 1.51. The Bertz CT molecular complexity index is 283. The summed E-state index contributed by atoms with van der Waals surface area (Å²) in [6, 6.07) is 0. The van der Waals surface area contributed by atoms with Crippen LogP contribution in [0.1, 0.15) is 0 Å². The molecule has 3 atom stereocenters. The highest BCUT2D eigenvalue weighted by Crippen LogP contribution is 2.51. The number of rotatable bonds is 1. The first kappa shape index (κ1) is 8.85. The molecule has 1 aliphatic rings. The zero-order chi connectivity index (χ0) is 8.65. The number of nitrogens with zero attached hydrogens (tertiary/aromatic N) is 1. The number of hydrogen-bond donors (Lipinski definition) is 0. The lowest BCUT2D eigenvalue weighted by Crippen LogP contribution is -2.47. The number of halogens is 3. The molecule has 0 aromatic rings. The number of thioether (sulfide) groups is 1. The van der Waals surface area contributed by atoms with Crippen molar-refractivity contribution < 1.29 is 21.6 Å². The van der Waals surface area contributed by atoms with Gasteiger partial charge in [0.2, 0.25) is 6.17 Å². The second-order valence-electron chi connectivity index (χ2n) is 1.79. The molecule has 0 spiro atoms. The van der Waals surface area contributed by atoms with Crippen LogP contribution >= 0.6 is 11.8 Å². The highest BCUT2D eigenvalue weighted by Gasteiger charge is 2.59. The van der Waals surface area contributed by atoms with E-state index in [9.17, 15) is 21.6 Å². The van der Waals surface area contributed by atoms with Gasteiger partial charge < -0.3 is 0 Å². The van der Waals surface area contributed by atoms with Crippen LogP contribution in [0.3, 0.4) is 0 Å². The lowest BCUT2D eigenvalue weighted by atomic mass is 10.4. The van der Waals surface area contributed by atoms with E-state index < -0.39 is 27.3 Å². The van der Waals surface area contributed by atoms with Crippen molar-refractivity contribution in [1.82, 2.24) is 0 Å². The summed E-state index contributed by atoms with van der Waals surface area (Å²) in [5.41, 5.74) is -2.02. The van der Waals surface area contributed by atoms with Crippen molar-refractivity contribution in [3.8, 4) is 0 Å². The van der Waals surface area contributed by atoms with E-state index in [0.29, 0.717) is 0 Å². The Labute approximate surface area is 65.7 Å². The molecule has 0 N–H and O–H groups in total. The molecule has 8 heteroatoms. The van der Waals surface area contributed by atoms with E-state index in [1.807, 2.05) is 0 Å². The zero-order valence-corrected chi connectivity index (χ0v) is 6.50. The van der Waals surface area contributed by atoms with Crippen molar-refractivity contribution in [2.45, 2.75) is 16.8 Å². The fourth-order valence-electron chi connectivity index (χ4n) is 0.545. The van der Waals surface area contributed by atoms with E-state index in [2.05, 4.69) is 4.36 Å². The lowest BCUT2D eigenvalue weighted by molar-refractivity contribution is 0.0713. The minimum absolute atomic E-state index is 0.101. The molecule has 0 radical (unpaired) electrons. The summed E-state index contributed by atoms with van der Waals surface area (Å²) in [4.78, 5) is 0. The minimum atomic E-state index is -3.05. The summed E-state index contributed by atoms with van der Waals surface area (Å²) in [5, 5.41) is -2.94. The van der Waals surface area contributed by atoms with E-state index in [1.54, 1.807) is 0 Å². The van der Waals surface area contributed by atoms with Crippen molar-refractivity contribution in [1.29, 1.82) is 0 Å². The van der Waals surface area contributed by atoms with Crippen LogP contribution in [0.5, 0.6) is 0 Å². The lowest BCUT2D eigenvalue weighted by Gasteiger charge is -2.34. The average Bonchev–Trinajstić information content (AvgIpc) is 1.85. The van der Waals surface area contributed by atoms with Gasteiger partial charge in [0.05, 0.1) is 0 Å². The third-order valence-corrected chi connectivity index (χ3v) is 2.69. The van der Waals surface area contributed by atoms with Crippen LogP contribution < -0.4 is 0 Å². The predicted octanol–water partition coefficient (Wildman–Crippen LogP) is 1.05. The smallest absolute Gasteiger partial charge is 0.236 e. The zero-order valence-electron chi connectivity index (χ0n) is 4.87. The van der Waals surface area contributed by atoms with Gasteiger partial charge in [-0.25, -0.2) is 13.2 Å². The van der Waals surface area contributed by atoms with Crippen molar-refractivity contribution in [3.05, 3.63) is 0 Å². The molecule has 0 aromatic heterocycles. The fourth-order valence-corrected chi connectivity index (χ4v) is 1.84. The predicted molar refractivity (Wildman–Crippen MR) is 32.6 cm³/mol. The van der Waals surface area contributed by atoms with Crippen molar-refractivity contribution in [3.63, 3.8) is 0 Å². The quantitative estimate of drug-likeness (QED) is 0.601. The molecule has 3 unspecified atom stereocenters. The van der Waals surface area contributed by atoms with Crippen molar-refractivity contribution in [2.24, 2.45) is 4.36 Å². The molecule has 11 heavy (non-hydrogen) atoms. The monoisotopic (exact) mass is 205 g/mol. The molecule has 0 aliphatic carbocycles. The normalized spacial score (nSPS) is 42.8. The molecule has 0 amide bonds. The van der Waals surface area contributed by atoms with Crippen LogP contribution in [-0.4, -0.2) is 25.2 Å². The van der Waals surface area contributed by atoms with Gasteiger partial charge in [-0.3, -0.25) is 0 Å². The molecule has 1 fully saturated rings. The Morgan fingerprint density at radius 2 is 2.00 bits per heavy atom. The summed E-state index contributed by atoms with van der Waals surface area (Å²) in [7, 11) is -3.05. The van der Waals surface area contributed by atoms with Crippen LogP contribution in [0, 0.1) is 0 Å². The maximum Gasteiger partial charge on any atom is 0.315 e. The van der Waals surface area contributed by atoms with E-state index in [4.69, 9.17) is 0 Å². The van der Waals surface area contributed by atoms with Gasteiger partial charge >= 0.3 is 10.5 Å². The van der Waals surface area contributed by atoms with E-state index in [0.717, 1.165) is 0 Å². The SMILES string of the molecule is O=S(=O)=NC1(F)SC(F)C1F. The topological polar surface area (TPSA) is 46.5 Å². The minimum Gasteiger partial charge on any atom is -0.236 e. The standard InChI is InChI=1S/C3H2F3NO2S2/c4-1-2(5)10-3(1,6)7-11(8)9/h1-2H. The second kappa shape index (κ2) is 2.67. The maximum absolute atomic E-state index is 12.6. The Balaban J connectivity index is 2.81. The highest BCUT2D eigenvalue weighted by atomic mass is 32.2. The summed E-state index contributed by atoms with van der Waals surface area (Å²) >= 11 is -0.101. The van der Waals surface area contributed by atoms with Gasteiger partial charge in [-0.05, 0) is 0 Å². The molecule has 0 bridgehead atoms. The molecule has 0 aromatic carbocycles. The Hall–Kier alpha value is -0.240. The van der Waals surface area contributed by atoms with Crippen LogP contribution in [0.2, 0.25) is 0 Å². The second-order valence-corrected chi connectivity index (χ2v) is 3.66. The van der Waals surface area contributed by atoms with E-state index in [1.165, 1.54) is 0 Å². The van der Waals surface area contributed by atoms with E-state index in [-0.39, 0.29) is 11.8 Å². The summed E-state index contributed by atoms with van der Waals surface area (Å²) in [6.07, 6.45) is -2.48. The van der Waals surface area contributed by atoms with Crippen LogP contribution in [-0.2, 0) is 10.5 Å². The molecular formula is C3H2F3NO2S2. The van der Waals surface area contributed by atoms with Gasteiger partial charge in [0.25, 0.3) is 5.12 Å². The maximum atomic E-state index is 12.6. The molecule has 1 saturated heterocycles. The molecular weight excluding hydrogens is 203 g/mol. The van der Waals surface area contributed by atoms with Gasteiger partial charge in [-0.2, -0.15) is 8.42 Å². The summed E-state index contributed by atoms with van der Waals surface area (Å²) in [5.74, 6) is 0. The molecule has 3 nitrogen and oxygen atoms in total. The summed E-state index contributed by atoms with van der Waals surface area (Å²) < 4.78 is 58.6. The largest absolute Gasteiger partial charge is 0.315 e. The van der Waals surface area contributed by atoms with Gasteiger partial charge in [0.1, 0.15) is 0 Å². The summed E-state index contributed by atoms with van der Waals surface area (Å²) in [6.45, 7) is 0. The van der Waals surface area contributed by atoms with Gasteiger partial charge in [0.15, 0.2) is 5.50 Å². The Morgan fingerprint density at radius 3 is 2.27 bits per heavy atom. The molecule has 64 valence electrons. The van der Waals surface area contributed by atoms with E-state index >= 15 is 0 Å². The Morgan fingerprint density at radius 1 is 1.45 bits per heavy atom. The fraction of sp³-hybridized carbons (Fsp3) is 1.00. The molecule has 1 aliphatic heterocycles. The van der Waals surface area contributed by atoms with Crippen molar-refractivity contribution in [2.75, 3.05) is 0 Å².